The smallest absolute Gasteiger partial charge is 0.306 e. The van der Waals surface area contributed by atoms with Crippen LogP contribution in [0.2, 0.25) is 0 Å². The molecule has 0 saturated heterocycles. The highest BCUT2D eigenvalue weighted by Gasteiger charge is 2.27. The van der Waals surface area contributed by atoms with Crippen molar-refractivity contribution < 1.29 is 37.3 Å². The summed E-state index contributed by atoms with van der Waals surface area (Å²) in [7, 11) is 1.13. The zero-order chi connectivity index (χ0) is 51.5. The Bertz CT molecular complexity index is 1520. The molecule has 0 rings (SSSR count). The van der Waals surface area contributed by atoms with Gasteiger partial charge in [0.25, 0.3) is 7.82 Å². The van der Waals surface area contributed by atoms with E-state index in [2.05, 4.69) is 111 Å². The van der Waals surface area contributed by atoms with Gasteiger partial charge in [-0.05, 0) is 96.0 Å². The summed E-state index contributed by atoms with van der Waals surface area (Å²) in [5.41, 5.74) is 0. The van der Waals surface area contributed by atoms with Gasteiger partial charge in [-0.3, -0.25) is 14.2 Å². The van der Waals surface area contributed by atoms with Crippen LogP contribution in [0, 0.1) is 0 Å². The van der Waals surface area contributed by atoms with Gasteiger partial charge in [0.15, 0.2) is 0 Å². The van der Waals surface area contributed by atoms with Gasteiger partial charge < -0.3 is 28.5 Å². The highest BCUT2D eigenvalue weighted by Crippen LogP contribution is 2.38. The van der Waals surface area contributed by atoms with Crippen molar-refractivity contribution in [1.82, 2.24) is 5.32 Å². The highest BCUT2D eigenvalue weighted by molar-refractivity contribution is 7.45. The number of nitrogens with one attached hydrogen (secondary N) is 1. The first-order valence-electron chi connectivity index (χ1n) is 28.1. The van der Waals surface area contributed by atoms with Gasteiger partial charge in [0.2, 0.25) is 5.91 Å². The first kappa shape index (κ1) is 66.9. The van der Waals surface area contributed by atoms with E-state index in [1.54, 1.807) is 6.08 Å². The number of quaternary nitrogens is 1. The van der Waals surface area contributed by atoms with E-state index in [0.29, 0.717) is 23.9 Å². The van der Waals surface area contributed by atoms with Crippen molar-refractivity contribution in [2.24, 2.45) is 0 Å². The average molecular weight is 997 g/mol. The minimum atomic E-state index is -4.71. The van der Waals surface area contributed by atoms with Crippen molar-refractivity contribution in [3.05, 3.63) is 97.2 Å². The van der Waals surface area contributed by atoms with Crippen LogP contribution < -0.4 is 10.2 Å². The summed E-state index contributed by atoms with van der Waals surface area (Å²) < 4.78 is 30.1. The molecule has 10 heteroatoms. The van der Waals surface area contributed by atoms with Crippen molar-refractivity contribution >= 4 is 19.7 Å². The van der Waals surface area contributed by atoms with Gasteiger partial charge in [-0.1, -0.05) is 208 Å². The third-order valence-corrected chi connectivity index (χ3v) is 12.7. The van der Waals surface area contributed by atoms with Crippen LogP contribution in [-0.4, -0.2) is 69.4 Å². The Morgan fingerprint density at radius 3 is 1.50 bits per heavy atom. The van der Waals surface area contributed by atoms with Crippen LogP contribution in [-0.2, 0) is 27.9 Å². The molecule has 3 atom stereocenters. The zero-order valence-corrected chi connectivity index (χ0v) is 46.6. The van der Waals surface area contributed by atoms with E-state index in [1.807, 2.05) is 27.2 Å². The van der Waals surface area contributed by atoms with Crippen LogP contribution in [0.15, 0.2) is 97.2 Å². The second-order valence-corrected chi connectivity index (χ2v) is 21.1. The lowest BCUT2D eigenvalue weighted by Crippen LogP contribution is -2.47. The van der Waals surface area contributed by atoms with Gasteiger partial charge in [-0.25, -0.2) is 0 Å². The number of allylic oxidation sites excluding steroid dienone is 15. The number of ether oxygens (including phenoxy) is 1. The summed E-state index contributed by atoms with van der Waals surface area (Å²) in [6, 6.07) is -0.921. The molecular formula is C60H105N2O7P. The lowest BCUT2D eigenvalue weighted by molar-refractivity contribution is -0.870. The number of esters is 1. The van der Waals surface area contributed by atoms with Crippen molar-refractivity contribution in [3.63, 3.8) is 0 Å². The van der Waals surface area contributed by atoms with E-state index in [-0.39, 0.29) is 25.4 Å². The fraction of sp³-hybridized carbons (Fsp3) is 0.700. The van der Waals surface area contributed by atoms with E-state index in [1.165, 1.54) is 70.6 Å². The predicted octanol–water partition coefficient (Wildman–Crippen LogP) is 16.2. The molecule has 0 aliphatic rings. The van der Waals surface area contributed by atoms with Gasteiger partial charge in [0, 0.05) is 12.8 Å². The number of rotatable bonds is 49. The monoisotopic (exact) mass is 997 g/mol. The normalized spacial score (nSPS) is 14.6. The fourth-order valence-corrected chi connectivity index (χ4v) is 8.15. The number of likely N-dealkylation sites (N-methyl/N-ethyl adjacent to an activating group) is 1. The number of amides is 1. The molecule has 3 unspecified atom stereocenters. The second-order valence-electron chi connectivity index (χ2n) is 19.7. The number of hydrogen-bond donors (Lipinski definition) is 1. The SMILES string of the molecule is CC/C=C\C/C=C\C/C=C\C/C=C\C/C=C\CCCC(=O)OC(/C=C/CCCCCCCCCCCC)C(COP(=O)([O-])OCC[N+](C)(C)C)NC(=O)CCCCCCCC/C=C/C=C/CCCCC. The summed E-state index contributed by atoms with van der Waals surface area (Å²) in [5.74, 6) is -0.630. The van der Waals surface area contributed by atoms with Gasteiger partial charge in [0.1, 0.15) is 19.3 Å². The third-order valence-electron chi connectivity index (χ3n) is 11.8. The largest absolute Gasteiger partial charge is 0.756 e. The Morgan fingerprint density at radius 2 is 0.971 bits per heavy atom. The van der Waals surface area contributed by atoms with E-state index in [4.69, 9.17) is 13.8 Å². The number of nitrogens with zero attached hydrogens (tertiary/aromatic N) is 1. The number of carbonyl (C=O) groups excluding carboxylic acids is 2. The van der Waals surface area contributed by atoms with Crippen LogP contribution in [0.4, 0.5) is 0 Å². The topological polar surface area (TPSA) is 114 Å². The number of phosphoric acid groups is 1. The molecule has 0 aromatic carbocycles. The predicted molar refractivity (Wildman–Crippen MR) is 297 cm³/mol. The second kappa shape index (κ2) is 49.5. The molecule has 0 bridgehead atoms. The van der Waals surface area contributed by atoms with Crippen LogP contribution in [0.3, 0.4) is 0 Å². The summed E-state index contributed by atoms with van der Waals surface area (Å²) in [6.45, 7) is 6.63. The Balaban J connectivity index is 5.50. The van der Waals surface area contributed by atoms with Gasteiger partial charge >= 0.3 is 5.97 Å². The van der Waals surface area contributed by atoms with Gasteiger partial charge in [-0.15, -0.1) is 0 Å². The molecule has 0 heterocycles. The number of hydrogen-bond acceptors (Lipinski definition) is 7. The summed E-state index contributed by atoms with van der Waals surface area (Å²) in [6.07, 6.45) is 65.2. The van der Waals surface area contributed by atoms with Crippen LogP contribution in [0.25, 0.3) is 0 Å². The Hall–Kier alpha value is -3.07. The number of phosphoric ester groups is 1. The van der Waals surface area contributed by atoms with E-state index < -0.39 is 32.5 Å². The van der Waals surface area contributed by atoms with E-state index in [0.717, 1.165) is 103 Å². The van der Waals surface area contributed by atoms with Crippen LogP contribution in [0.1, 0.15) is 220 Å². The highest BCUT2D eigenvalue weighted by atomic mass is 31.2. The Kier molecular flexibility index (Phi) is 47.3. The zero-order valence-electron chi connectivity index (χ0n) is 45.7. The third kappa shape index (κ3) is 49.9. The molecule has 0 radical (unpaired) electrons. The minimum Gasteiger partial charge on any atom is -0.756 e. The molecular weight excluding hydrogens is 892 g/mol. The van der Waals surface area contributed by atoms with Gasteiger partial charge in [-0.2, -0.15) is 0 Å². The number of unbranched alkanes of at least 4 members (excludes halogenated alkanes) is 20. The standard InChI is InChI=1S/C60H105N2O7P/c1-7-10-13-16-19-22-25-28-30-31-33-35-38-41-44-47-50-53-60(64)69-58(51-48-45-42-39-36-27-24-21-18-15-12-9-3)57(56-68-70(65,66)67-55-54-62(4,5)6)61-59(63)52-49-46-43-40-37-34-32-29-26-23-20-17-14-11-8-2/h10,13,19-20,22-23,26,28-30,33,35,41,44,48,51,57-58H,7-9,11-12,14-18,21,24-25,27,31-32,34,36-40,42-43,45-47,49-50,52-56H2,1-6H3,(H-,61,63,65,66)/b13-10-,22-19-,23-20+,29-26+,30-28-,35-33-,44-41-,51-48+. The maximum Gasteiger partial charge on any atom is 0.306 e. The quantitative estimate of drug-likeness (QED) is 0.0161. The molecule has 0 fully saturated rings. The van der Waals surface area contributed by atoms with Crippen LogP contribution in [0.5, 0.6) is 0 Å². The number of carbonyl (C=O) groups is 2. The van der Waals surface area contributed by atoms with E-state index in [9.17, 15) is 19.0 Å². The average Bonchev–Trinajstić information content (AvgIpc) is 3.32. The van der Waals surface area contributed by atoms with Crippen molar-refractivity contribution in [1.29, 1.82) is 0 Å². The van der Waals surface area contributed by atoms with Crippen LogP contribution >= 0.6 is 7.82 Å². The molecule has 0 aromatic heterocycles. The molecule has 9 nitrogen and oxygen atoms in total. The molecule has 0 aliphatic heterocycles. The first-order valence-corrected chi connectivity index (χ1v) is 29.5. The van der Waals surface area contributed by atoms with Gasteiger partial charge in [0.05, 0.1) is 33.8 Å². The van der Waals surface area contributed by atoms with E-state index >= 15 is 0 Å². The lowest BCUT2D eigenvalue weighted by atomic mass is 10.0. The molecule has 0 spiro atoms. The minimum absolute atomic E-state index is 0.0381. The molecule has 0 saturated carbocycles. The molecule has 1 N–H and O–H groups in total. The first-order chi connectivity index (χ1) is 33.9. The van der Waals surface area contributed by atoms with Crippen molar-refractivity contribution in [2.75, 3.05) is 40.9 Å². The fourth-order valence-electron chi connectivity index (χ4n) is 7.43. The molecule has 0 aromatic rings. The van der Waals surface area contributed by atoms with Crippen molar-refractivity contribution in [3.8, 4) is 0 Å². The Labute approximate surface area is 430 Å². The molecule has 402 valence electrons. The lowest BCUT2D eigenvalue weighted by Gasteiger charge is -2.30. The molecule has 70 heavy (non-hydrogen) atoms. The maximum atomic E-state index is 13.5. The van der Waals surface area contributed by atoms with Crippen molar-refractivity contribution in [2.45, 2.75) is 232 Å². The Morgan fingerprint density at radius 1 is 0.529 bits per heavy atom. The maximum absolute atomic E-state index is 13.5. The summed E-state index contributed by atoms with van der Waals surface area (Å²) >= 11 is 0. The summed E-state index contributed by atoms with van der Waals surface area (Å²) in [5, 5.41) is 2.99. The summed E-state index contributed by atoms with van der Waals surface area (Å²) in [4.78, 5) is 39.8. The molecule has 1 amide bonds. The molecule has 0 aliphatic carbocycles.